The highest BCUT2D eigenvalue weighted by Crippen LogP contribution is 2.24. The normalized spacial score (nSPS) is 13.5. The van der Waals surface area contributed by atoms with E-state index in [1.54, 1.807) is 0 Å². The zero-order chi connectivity index (χ0) is 17.4. The maximum Gasteiger partial charge on any atom is 0.341 e. The van der Waals surface area contributed by atoms with E-state index in [-0.39, 0.29) is 11.9 Å². The fourth-order valence-corrected chi connectivity index (χ4v) is 2.76. The topological polar surface area (TPSA) is 55.3 Å². The summed E-state index contributed by atoms with van der Waals surface area (Å²) in [7, 11) is 4.17. The molecule has 0 N–H and O–H groups in total. The summed E-state index contributed by atoms with van der Waals surface area (Å²) < 4.78 is 5.53. The molecule has 0 amide bonds. The second-order valence-electron chi connectivity index (χ2n) is 6.09. The third-order valence-corrected chi connectivity index (χ3v) is 4.24. The molecule has 0 radical (unpaired) electrons. The molecule has 1 aromatic heterocycles. The molecule has 0 aliphatic carbocycles. The summed E-state index contributed by atoms with van der Waals surface area (Å²) in [4.78, 5) is 22.1. The Morgan fingerprint density at radius 2 is 1.83 bits per heavy atom. The van der Waals surface area contributed by atoms with Crippen LogP contribution in [0.25, 0.3) is 0 Å². The van der Waals surface area contributed by atoms with Gasteiger partial charge in [-0.15, -0.1) is 0 Å². The zero-order valence-electron chi connectivity index (χ0n) is 14.6. The molecule has 0 bridgehead atoms. The molecule has 0 spiro atoms. The number of carbonyl (C=O) groups excluding carboxylic acids is 1. The van der Waals surface area contributed by atoms with Crippen LogP contribution in [0.4, 0.5) is 0 Å². The molecular formula is C19H25N3O2. The van der Waals surface area contributed by atoms with Crippen LogP contribution in [0.2, 0.25) is 0 Å². The van der Waals surface area contributed by atoms with Crippen LogP contribution in [0.15, 0.2) is 49.1 Å². The fourth-order valence-electron chi connectivity index (χ4n) is 2.76. The summed E-state index contributed by atoms with van der Waals surface area (Å²) in [6.45, 7) is 2.53. The van der Waals surface area contributed by atoms with Gasteiger partial charge in [-0.1, -0.05) is 37.3 Å². The van der Waals surface area contributed by atoms with Crippen molar-refractivity contribution in [2.45, 2.75) is 31.7 Å². The van der Waals surface area contributed by atoms with E-state index in [1.165, 1.54) is 24.3 Å². The molecule has 0 aliphatic rings. The van der Waals surface area contributed by atoms with E-state index in [9.17, 15) is 4.79 Å². The molecule has 2 unspecified atom stereocenters. The number of benzene rings is 1. The van der Waals surface area contributed by atoms with Crippen molar-refractivity contribution in [1.82, 2.24) is 14.9 Å². The van der Waals surface area contributed by atoms with E-state index < -0.39 is 0 Å². The molecule has 128 valence electrons. The first-order valence-corrected chi connectivity index (χ1v) is 8.25. The Bertz CT molecular complexity index is 617. The lowest BCUT2D eigenvalue weighted by molar-refractivity contribution is 0.0462. The molecule has 2 atom stereocenters. The number of hydrogen-bond acceptors (Lipinski definition) is 5. The maximum atomic E-state index is 12.2. The predicted octanol–water partition coefficient (Wildman–Crippen LogP) is 3.15. The number of carbonyl (C=O) groups is 1. The molecule has 0 saturated heterocycles. The van der Waals surface area contributed by atoms with Gasteiger partial charge in [0.05, 0.1) is 12.2 Å². The molecular weight excluding hydrogens is 302 g/mol. The van der Waals surface area contributed by atoms with E-state index in [2.05, 4.69) is 48.0 Å². The Kier molecular flexibility index (Phi) is 6.88. The van der Waals surface area contributed by atoms with Crippen molar-refractivity contribution in [2.24, 2.45) is 0 Å². The van der Waals surface area contributed by atoms with Crippen molar-refractivity contribution < 1.29 is 9.53 Å². The number of hydrogen-bond donors (Lipinski definition) is 0. The first-order valence-electron chi connectivity index (χ1n) is 8.25. The first kappa shape index (κ1) is 18.1. The standard InChI is InChI=1S/C19H25N3O2/c1-4-18(22(2)3)10-16(15-8-6-5-7-9-15)13-24-19(23)17-11-20-14-21-12-17/h5-9,11-12,14,16,18H,4,10,13H2,1-3H3. The molecule has 0 saturated carbocycles. The number of esters is 1. The Morgan fingerprint density at radius 1 is 1.17 bits per heavy atom. The second kappa shape index (κ2) is 9.13. The lowest BCUT2D eigenvalue weighted by Crippen LogP contribution is -2.30. The van der Waals surface area contributed by atoms with Crippen molar-refractivity contribution in [2.75, 3.05) is 20.7 Å². The summed E-state index contributed by atoms with van der Waals surface area (Å²) in [6, 6.07) is 10.7. The van der Waals surface area contributed by atoms with E-state index >= 15 is 0 Å². The Labute approximate surface area is 143 Å². The van der Waals surface area contributed by atoms with E-state index in [4.69, 9.17) is 4.74 Å². The van der Waals surface area contributed by atoms with Gasteiger partial charge in [0.2, 0.25) is 0 Å². The Hall–Kier alpha value is -2.27. The summed E-state index contributed by atoms with van der Waals surface area (Å²) in [5.74, 6) is -0.221. The van der Waals surface area contributed by atoms with Crippen LogP contribution in [0, 0.1) is 0 Å². The Balaban J connectivity index is 2.07. The second-order valence-corrected chi connectivity index (χ2v) is 6.09. The zero-order valence-corrected chi connectivity index (χ0v) is 14.6. The molecule has 24 heavy (non-hydrogen) atoms. The number of aromatic nitrogens is 2. The fraction of sp³-hybridized carbons (Fsp3) is 0.421. The van der Waals surface area contributed by atoms with Crippen LogP contribution in [-0.2, 0) is 4.74 Å². The van der Waals surface area contributed by atoms with Gasteiger partial charge in [-0.05, 0) is 32.5 Å². The van der Waals surface area contributed by atoms with E-state index in [0.29, 0.717) is 18.2 Å². The van der Waals surface area contributed by atoms with Gasteiger partial charge in [0.1, 0.15) is 6.33 Å². The van der Waals surface area contributed by atoms with Gasteiger partial charge in [-0.25, -0.2) is 14.8 Å². The molecule has 5 nitrogen and oxygen atoms in total. The lowest BCUT2D eigenvalue weighted by atomic mass is 9.91. The molecule has 5 heteroatoms. The van der Waals surface area contributed by atoms with Crippen LogP contribution < -0.4 is 0 Å². The highest BCUT2D eigenvalue weighted by Gasteiger charge is 2.21. The summed E-state index contributed by atoms with van der Waals surface area (Å²) in [5.41, 5.74) is 1.57. The predicted molar refractivity (Wildman–Crippen MR) is 93.9 cm³/mol. The first-order chi connectivity index (χ1) is 11.6. The van der Waals surface area contributed by atoms with Gasteiger partial charge in [0.15, 0.2) is 0 Å². The largest absolute Gasteiger partial charge is 0.461 e. The lowest BCUT2D eigenvalue weighted by Gasteiger charge is -2.28. The van der Waals surface area contributed by atoms with Gasteiger partial charge in [-0.3, -0.25) is 0 Å². The minimum absolute atomic E-state index is 0.159. The van der Waals surface area contributed by atoms with Crippen molar-refractivity contribution in [3.8, 4) is 0 Å². The number of nitrogens with zero attached hydrogens (tertiary/aromatic N) is 3. The van der Waals surface area contributed by atoms with E-state index in [1.807, 2.05) is 18.2 Å². The molecule has 2 aromatic rings. The average Bonchev–Trinajstić information content (AvgIpc) is 2.63. The third kappa shape index (κ3) is 5.13. The quantitative estimate of drug-likeness (QED) is 0.697. The minimum atomic E-state index is -0.380. The van der Waals surface area contributed by atoms with Crippen molar-refractivity contribution in [3.05, 3.63) is 60.2 Å². The van der Waals surface area contributed by atoms with Crippen LogP contribution >= 0.6 is 0 Å². The van der Waals surface area contributed by atoms with Crippen LogP contribution in [0.3, 0.4) is 0 Å². The summed E-state index contributed by atoms with van der Waals surface area (Å²) in [5, 5.41) is 0. The van der Waals surface area contributed by atoms with Crippen molar-refractivity contribution in [3.63, 3.8) is 0 Å². The summed E-state index contributed by atoms with van der Waals surface area (Å²) >= 11 is 0. The number of rotatable bonds is 8. The van der Waals surface area contributed by atoms with Crippen LogP contribution in [-0.4, -0.2) is 47.6 Å². The van der Waals surface area contributed by atoms with E-state index in [0.717, 1.165) is 12.8 Å². The van der Waals surface area contributed by atoms with Gasteiger partial charge >= 0.3 is 5.97 Å². The van der Waals surface area contributed by atoms with Crippen molar-refractivity contribution in [1.29, 1.82) is 0 Å². The van der Waals surface area contributed by atoms with Gasteiger partial charge in [0.25, 0.3) is 0 Å². The summed E-state index contributed by atoms with van der Waals surface area (Å²) in [6.07, 6.45) is 6.33. The smallest absolute Gasteiger partial charge is 0.341 e. The molecule has 2 rings (SSSR count). The van der Waals surface area contributed by atoms with Crippen LogP contribution in [0.1, 0.15) is 41.6 Å². The highest BCUT2D eigenvalue weighted by atomic mass is 16.5. The molecule has 1 heterocycles. The van der Waals surface area contributed by atoms with Crippen molar-refractivity contribution >= 4 is 5.97 Å². The highest BCUT2D eigenvalue weighted by molar-refractivity contribution is 5.88. The van der Waals surface area contributed by atoms with Gasteiger partial charge in [0, 0.05) is 24.4 Å². The Morgan fingerprint density at radius 3 is 2.42 bits per heavy atom. The van der Waals surface area contributed by atoms with Crippen LogP contribution in [0.5, 0.6) is 0 Å². The third-order valence-electron chi connectivity index (χ3n) is 4.24. The molecule has 0 aliphatic heterocycles. The minimum Gasteiger partial charge on any atom is -0.461 e. The average molecular weight is 327 g/mol. The number of ether oxygens (including phenoxy) is 1. The maximum absolute atomic E-state index is 12.2. The monoisotopic (exact) mass is 327 g/mol. The van der Waals surface area contributed by atoms with Gasteiger partial charge in [-0.2, -0.15) is 0 Å². The molecule has 1 aromatic carbocycles. The SMILES string of the molecule is CCC(CC(COC(=O)c1cncnc1)c1ccccc1)N(C)C. The molecule has 0 fully saturated rings. The van der Waals surface area contributed by atoms with Gasteiger partial charge < -0.3 is 9.64 Å².